The van der Waals surface area contributed by atoms with Gasteiger partial charge in [0.1, 0.15) is 27.4 Å². The summed E-state index contributed by atoms with van der Waals surface area (Å²) in [5.41, 5.74) is 7.88. The minimum Gasteiger partial charge on any atom is -0.508 e. The van der Waals surface area contributed by atoms with E-state index in [4.69, 9.17) is 4.74 Å². The highest BCUT2D eigenvalue weighted by Gasteiger charge is 2.30. The van der Waals surface area contributed by atoms with Crippen molar-refractivity contribution in [2.75, 3.05) is 41.5 Å². The smallest absolute Gasteiger partial charge is 0.265 e. The zero-order valence-corrected chi connectivity index (χ0v) is 45.5. The molecule has 8 aromatic rings. The largest absolute Gasteiger partial charge is 0.508 e. The Morgan fingerprint density at radius 1 is 0.775 bits per heavy atom. The van der Waals surface area contributed by atoms with Gasteiger partial charge in [0.05, 0.1) is 40.0 Å². The molecule has 6 heterocycles. The van der Waals surface area contributed by atoms with Gasteiger partial charge in [-0.25, -0.2) is 0 Å². The van der Waals surface area contributed by atoms with Gasteiger partial charge in [-0.2, -0.15) is 26.0 Å². The number of pyridine rings is 1. The van der Waals surface area contributed by atoms with Crippen LogP contribution in [-0.2, 0) is 33.3 Å². The Morgan fingerprint density at radius 2 is 1.55 bits per heavy atom. The van der Waals surface area contributed by atoms with Crippen LogP contribution in [-0.4, -0.2) is 62.8 Å². The summed E-state index contributed by atoms with van der Waals surface area (Å²) in [5, 5.41) is 20.4. The Labute approximate surface area is 434 Å². The molecule has 0 fully saturated rings. The number of thiophene rings is 2. The first kappa shape index (κ1) is 51.0. The molecule has 19 heteroatoms. The fourth-order valence-electron chi connectivity index (χ4n) is 9.07. The van der Waals surface area contributed by atoms with E-state index in [1.165, 1.54) is 36.8 Å². The highest BCUT2D eigenvalue weighted by atomic mass is 32.2. The number of methoxy groups -OCH3 is 1. The molecule has 370 valence electrons. The number of benzene rings is 4. The number of phenols is 1. The van der Waals surface area contributed by atoms with Crippen LogP contribution in [0.25, 0.3) is 53.4 Å². The lowest BCUT2D eigenvalue weighted by molar-refractivity contribution is -0.669. The number of hydrogen-bond acceptors (Lipinski definition) is 13. The molecule has 10 rings (SSSR count). The maximum absolute atomic E-state index is 11.6. The molecule has 2 aliphatic rings. The second kappa shape index (κ2) is 21.2. The fraction of sp³-hybridized carbons (Fsp3) is 0.269. The number of anilines is 2. The topological polar surface area (TPSA) is 152 Å². The van der Waals surface area contributed by atoms with Gasteiger partial charge in [-0.3, -0.25) is 9.11 Å². The lowest BCUT2D eigenvalue weighted by Gasteiger charge is -2.20. The number of allylic oxidation sites excluding steroid dienone is 2. The lowest BCUT2D eigenvalue weighted by atomic mass is 10.1. The third-order valence-electron chi connectivity index (χ3n) is 12.4. The van der Waals surface area contributed by atoms with Crippen molar-refractivity contribution in [2.24, 2.45) is 0 Å². The zero-order chi connectivity index (χ0) is 50.2. The Morgan fingerprint density at radius 3 is 2.30 bits per heavy atom. The molecule has 2 aliphatic heterocycles. The maximum atomic E-state index is 11.6. The second-order valence-electron chi connectivity index (χ2n) is 17.1. The SMILES string of the molecule is CCC(/C=C1\Sc2c(ccc3sccc23)N1CCCS(=O)(=O)O)=C\c1sc2cc(OC)c3ccsc3c2[n+]1CCCS(=O)(=O)O.CCN1/C(=C\c2ccc3cc(C)ccc3[n+]2CC)Sc2ccc(O)cc21. The number of aryl methyl sites for hydroxylation is 3. The molecule has 3 N–H and O–H groups in total. The Balaban J connectivity index is 0.000000203. The van der Waals surface area contributed by atoms with Crippen LogP contribution < -0.4 is 23.7 Å². The molecule has 0 amide bonds. The van der Waals surface area contributed by atoms with E-state index in [1.54, 1.807) is 70.7 Å². The number of aromatic nitrogens is 2. The average Bonchev–Trinajstić information content (AvgIpc) is 4.18. The monoisotopic (exact) mass is 1090 g/mol. The molecule has 0 bridgehead atoms. The van der Waals surface area contributed by atoms with Crippen molar-refractivity contribution in [3.8, 4) is 11.5 Å². The third kappa shape index (κ3) is 11.0. The van der Waals surface area contributed by atoms with Crippen LogP contribution in [0.15, 0.2) is 121 Å². The summed E-state index contributed by atoms with van der Waals surface area (Å²) in [7, 11) is -6.53. The van der Waals surface area contributed by atoms with Crippen molar-refractivity contribution in [1.82, 2.24) is 0 Å². The third-order valence-corrected chi connectivity index (χ3v) is 19.2. The summed E-state index contributed by atoms with van der Waals surface area (Å²) in [4.78, 5) is 6.70. The van der Waals surface area contributed by atoms with E-state index in [1.807, 2.05) is 29.6 Å². The quantitative estimate of drug-likeness (QED) is 0.0662. The number of thiazole rings is 1. The van der Waals surface area contributed by atoms with Gasteiger partial charge in [0.25, 0.3) is 25.2 Å². The molecule has 4 aromatic carbocycles. The van der Waals surface area contributed by atoms with E-state index in [9.17, 15) is 31.0 Å². The van der Waals surface area contributed by atoms with Gasteiger partial charge in [0.15, 0.2) is 6.54 Å². The molecular formula is C52H54N4O8S7+2. The van der Waals surface area contributed by atoms with Gasteiger partial charge in [-0.05, 0) is 105 Å². The van der Waals surface area contributed by atoms with E-state index >= 15 is 0 Å². The Hall–Kier alpha value is -4.96. The van der Waals surface area contributed by atoms with Gasteiger partial charge in [-0.15, -0.1) is 22.7 Å². The van der Waals surface area contributed by atoms with E-state index in [2.05, 4.69) is 119 Å². The number of thioether (sulfide) groups is 2. The number of nitrogens with zero attached hydrogens (tertiary/aromatic N) is 4. The standard InChI is InChI=1S/C30H30N2O7S6.C22H22N2OS/c1-3-19(16-26-31(10-4-14-44(33,34)35)22-6-7-24-21(9-12-40-24)29(22)43-26)17-27-32(11-5-15-45(36,37)38)28-25(42-27)18-23(39-2)20-8-13-41-30(20)28;1-4-23-17(8-7-16-12-15(3)6-10-19(16)23)13-22-24(5-2)20-14-18(25)9-11-21(20)26-22/h6-9,12-13,16-18H,3-5,10-11,14-15H2,1-2H3,(H-,33,34,35,36,37,38);6-14H,4-5H2,1-3H3/p+2. The highest BCUT2D eigenvalue weighted by Crippen LogP contribution is 2.51. The van der Waals surface area contributed by atoms with E-state index in [0.29, 0.717) is 25.3 Å². The van der Waals surface area contributed by atoms with Crippen molar-refractivity contribution in [3.63, 3.8) is 0 Å². The van der Waals surface area contributed by atoms with Crippen molar-refractivity contribution in [3.05, 3.63) is 128 Å². The van der Waals surface area contributed by atoms with Crippen LogP contribution in [0.2, 0.25) is 0 Å². The molecule has 0 aliphatic carbocycles. The predicted molar refractivity (Wildman–Crippen MR) is 297 cm³/mol. The number of fused-ring (bicyclic) bond motifs is 8. The van der Waals surface area contributed by atoms with E-state index in [0.717, 1.165) is 76.4 Å². The highest BCUT2D eigenvalue weighted by molar-refractivity contribution is 8.04. The normalized spacial score (nSPS) is 15.2. The van der Waals surface area contributed by atoms with Crippen molar-refractivity contribution < 1.29 is 44.9 Å². The van der Waals surface area contributed by atoms with Crippen LogP contribution in [0.3, 0.4) is 0 Å². The first-order valence-corrected chi connectivity index (χ1v) is 30.6. The van der Waals surface area contributed by atoms with Crippen LogP contribution in [0.4, 0.5) is 11.4 Å². The van der Waals surface area contributed by atoms with Gasteiger partial charge >= 0.3 is 0 Å². The number of phenolic OH excluding ortho intramolecular Hbond substituents is 1. The summed E-state index contributed by atoms with van der Waals surface area (Å²) in [6.07, 6.45) is 7.74. The first-order valence-electron chi connectivity index (χ1n) is 23.2. The van der Waals surface area contributed by atoms with Crippen molar-refractivity contribution >= 4 is 143 Å². The lowest BCUT2D eigenvalue weighted by Crippen LogP contribution is -2.37. The van der Waals surface area contributed by atoms with Crippen LogP contribution in [0.1, 0.15) is 56.3 Å². The second-order valence-corrected chi connectivity index (χ2v) is 25.2. The van der Waals surface area contributed by atoms with Crippen molar-refractivity contribution in [2.45, 2.75) is 69.8 Å². The predicted octanol–water partition coefficient (Wildman–Crippen LogP) is 12.5. The zero-order valence-electron chi connectivity index (χ0n) is 39.8. The van der Waals surface area contributed by atoms with Crippen LogP contribution >= 0.6 is 57.5 Å². The van der Waals surface area contributed by atoms with Crippen LogP contribution in [0.5, 0.6) is 11.5 Å². The Bertz CT molecular complexity index is 3670. The summed E-state index contributed by atoms with van der Waals surface area (Å²) >= 11 is 8.29. The molecule has 0 radical (unpaired) electrons. The molecule has 4 aromatic heterocycles. The molecule has 0 unspecified atom stereocenters. The summed E-state index contributed by atoms with van der Waals surface area (Å²) < 4.78 is 78.3. The summed E-state index contributed by atoms with van der Waals surface area (Å²) in [5.74, 6) is 0.437. The molecule has 0 spiro atoms. The van der Waals surface area contributed by atoms with Crippen LogP contribution in [0, 0.1) is 6.92 Å². The number of aromatic hydroxyl groups is 1. The maximum Gasteiger partial charge on any atom is 0.265 e. The molecule has 0 saturated carbocycles. The number of rotatable bonds is 15. The molecule has 0 saturated heterocycles. The summed E-state index contributed by atoms with van der Waals surface area (Å²) in [6.45, 7) is 11.2. The van der Waals surface area contributed by atoms with E-state index in [-0.39, 0.29) is 24.3 Å². The summed E-state index contributed by atoms with van der Waals surface area (Å²) in [6, 6.07) is 26.9. The van der Waals surface area contributed by atoms with Crippen molar-refractivity contribution in [1.29, 1.82) is 0 Å². The molecule has 71 heavy (non-hydrogen) atoms. The molecule has 12 nitrogen and oxygen atoms in total. The first-order chi connectivity index (χ1) is 34.1. The number of hydrogen-bond donors (Lipinski definition) is 3. The fourth-order valence-corrected chi connectivity index (χ4v) is 15.6. The minimum atomic E-state index is -4.10. The Kier molecular flexibility index (Phi) is 15.3. The average molecular weight is 1090 g/mol. The van der Waals surface area contributed by atoms with E-state index < -0.39 is 20.2 Å². The minimum absolute atomic E-state index is 0.251. The molecule has 0 atom stereocenters. The number of ether oxygens (including phenoxy) is 1. The van der Waals surface area contributed by atoms with Gasteiger partial charge in [-0.1, -0.05) is 53.4 Å². The van der Waals surface area contributed by atoms with Gasteiger partial charge in [0.2, 0.25) is 16.7 Å². The van der Waals surface area contributed by atoms with Gasteiger partial charge < -0.3 is 19.6 Å². The molecular weight excluding hydrogens is 1030 g/mol. The van der Waals surface area contributed by atoms with Gasteiger partial charge in [0, 0.05) is 86.6 Å².